The van der Waals surface area contributed by atoms with Crippen molar-refractivity contribution in [2.75, 3.05) is 0 Å². The van der Waals surface area contributed by atoms with E-state index in [0.29, 0.717) is 30.0 Å². The number of nitrogens with zero attached hydrogens (tertiary/aromatic N) is 3. The van der Waals surface area contributed by atoms with Gasteiger partial charge >= 0.3 is 0 Å². The van der Waals surface area contributed by atoms with E-state index < -0.39 is 6.04 Å². The van der Waals surface area contributed by atoms with Crippen LogP contribution in [0.5, 0.6) is 0 Å². The van der Waals surface area contributed by atoms with Crippen LogP contribution in [0.25, 0.3) is 11.3 Å². The zero-order chi connectivity index (χ0) is 21.1. The number of hydrogen-bond donors (Lipinski definition) is 1. The molecule has 2 aromatic carbocycles. The van der Waals surface area contributed by atoms with E-state index >= 15 is 0 Å². The molecule has 0 fully saturated rings. The normalized spacial score (nSPS) is 13.5. The zero-order valence-electron chi connectivity index (χ0n) is 16.5. The Morgan fingerprint density at radius 3 is 2.57 bits per heavy atom. The Hall–Kier alpha value is -3.98. The number of amides is 2. The maximum absolute atomic E-state index is 12.9. The number of fused-ring (bicyclic) bond motifs is 1. The van der Waals surface area contributed by atoms with Gasteiger partial charge in [-0.15, -0.1) is 0 Å². The molecule has 0 unspecified atom stereocenters. The highest BCUT2D eigenvalue weighted by Gasteiger charge is 2.35. The van der Waals surface area contributed by atoms with Crippen LogP contribution in [0, 0.1) is 11.3 Å². The molecule has 1 aliphatic rings. The van der Waals surface area contributed by atoms with Crippen LogP contribution in [0.1, 0.15) is 34.1 Å². The molecule has 1 N–H and O–H groups in total. The van der Waals surface area contributed by atoms with E-state index in [2.05, 4.69) is 16.4 Å². The molecule has 30 heavy (non-hydrogen) atoms. The first-order valence-electron chi connectivity index (χ1n) is 9.70. The van der Waals surface area contributed by atoms with Crippen LogP contribution in [0.4, 0.5) is 0 Å². The second-order valence-corrected chi connectivity index (χ2v) is 7.21. The van der Waals surface area contributed by atoms with E-state index in [1.54, 1.807) is 24.0 Å². The lowest BCUT2D eigenvalue weighted by molar-refractivity contribution is -0.125. The van der Waals surface area contributed by atoms with Gasteiger partial charge in [-0.05, 0) is 30.7 Å². The quantitative estimate of drug-likeness (QED) is 0.717. The van der Waals surface area contributed by atoms with Crippen LogP contribution in [-0.2, 0) is 17.9 Å². The molecule has 2 amide bonds. The summed E-state index contributed by atoms with van der Waals surface area (Å²) in [5.74, 6) is -0.449. The highest BCUT2D eigenvalue weighted by Crippen LogP contribution is 2.27. The van der Waals surface area contributed by atoms with Gasteiger partial charge in [0.1, 0.15) is 11.7 Å². The SMILES string of the molecule is C[C@H](C(=O)NCc1ccccc1)N1Cc2ccc(-c3ccc(C#N)cc3)nc2C1=O. The number of nitriles is 1. The van der Waals surface area contributed by atoms with E-state index in [1.807, 2.05) is 54.6 Å². The van der Waals surface area contributed by atoms with Crippen LogP contribution in [0.3, 0.4) is 0 Å². The van der Waals surface area contributed by atoms with Crippen molar-refractivity contribution in [3.05, 3.63) is 89.1 Å². The molecule has 0 saturated carbocycles. The van der Waals surface area contributed by atoms with Gasteiger partial charge in [0, 0.05) is 24.2 Å². The summed E-state index contributed by atoms with van der Waals surface area (Å²) in [6.45, 7) is 2.50. The van der Waals surface area contributed by atoms with Crippen molar-refractivity contribution in [1.82, 2.24) is 15.2 Å². The third-order valence-electron chi connectivity index (χ3n) is 5.25. The number of rotatable bonds is 5. The maximum atomic E-state index is 12.9. The van der Waals surface area contributed by atoms with Crippen molar-refractivity contribution in [3.8, 4) is 17.3 Å². The smallest absolute Gasteiger partial charge is 0.273 e. The Bertz CT molecular complexity index is 1130. The van der Waals surface area contributed by atoms with Gasteiger partial charge in [-0.3, -0.25) is 9.59 Å². The first-order chi connectivity index (χ1) is 14.6. The molecule has 0 spiro atoms. The fourth-order valence-electron chi connectivity index (χ4n) is 3.46. The number of carbonyl (C=O) groups excluding carboxylic acids is 2. The summed E-state index contributed by atoms with van der Waals surface area (Å²) in [4.78, 5) is 31.6. The molecule has 0 radical (unpaired) electrons. The van der Waals surface area contributed by atoms with E-state index in [4.69, 9.17) is 5.26 Å². The second kappa shape index (κ2) is 8.18. The molecular formula is C24H20N4O2. The minimum Gasteiger partial charge on any atom is -0.350 e. The molecule has 3 aromatic rings. The van der Waals surface area contributed by atoms with Gasteiger partial charge in [0.05, 0.1) is 17.3 Å². The Labute approximate surface area is 174 Å². The minimum atomic E-state index is -0.603. The van der Waals surface area contributed by atoms with E-state index in [0.717, 1.165) is 16.7 Å². The summed E-state index contributed by atoms with van der Waals surface area (Å²) in [7, 11) is 0. The molecule has 6 heteroatoms. The van der Waals surface area contributed by atoms with Gasteiger partial charge in [-0.2, -0.15) is 5.26 Å². The lowest BCUT2D eigenvalue weighted by Gasteiger charge is -2.23. The average Bonchev–Trinajstić information content (AvgIpc) is 3.13. The first kappa shape index (κ1) is 19.3. The lowest BCUT2D eigenvalue weighted by Crippen LogP contribution is -2.45. The maximum Gasteiger partial charge on any atom is 0.273 e. The van der Waals surface area contributed by atoms with Gasteiger partial charge in [-0.1, -0.05) is 48.5 Å². The molecule has 0 saturated heterocycles. The number of carbonyl (C=O) groups is 2. The molecule has 1 aromatic heterocycles. The third-order valence-corrected chi connectivity index (χ3v) is 5.25. The van der Waals surface area contributed by atoms with Crippen LogP contribution in [0.15, 0.2) is 66.7 Å². The molecule has 2 heterocycles. The molecule has 4 rings (SSSR count). The Balaban J connectivity index is 1.47. The molecule has 0 aliphatic carbocycles. The highest BCUT2D eigenvalue weighted by atomic mass is 16.2. The number of hydrogen-bond acceptors (Lipinski definition) is 4. The molecule has 1 aliphatic heterocycles. The van der Waals surface area contributed by atoms with Crippen molar-refractivity contribution < 1.29 is 9.59 Å². The molecular weight excluding hydrogens is 376 g/mol. The van der Waals surface area contributed by atoms with Crippen LogP contribution in [-0.4, -0.2) is 27.7 Å². The van der Waals surface area contributed by atoms with Crippen molar-refractivity contribution in [1.29, 1.82) is 5.26 Å². The van der Waals surface area contributed by atoms with Gasteiger partial charge in [-0.25, -0.2) is 4.98 Å². The third kappa shape index (κ3) is 3.78. The predicted octanol–water partition coefficient (Wildman–Crippen LogP) is 3.28. The van der Waals surface area contributed by atoms with Crippen molar-refractivity contribution in [3.63, 3.8) is 0 Å². The molecule has 148 valence electrons. The lowest BCUT2D eigenvalue weighted by atomic mass is 10.1. The first-order valence-corrected chi connectivity index (χ1v) is 9.70. The number of benzene rings is 2. The summed E-state index contributed by atoms with van der Waals surface area (Å²) in [6.07, 6.45) is 0. The van der Waals surface area contributed by atoms with E-state index in [-0.39, 0.29) is 11.8 Å². The largest absolute Gasteiger partial charge is 0.350 e. The average molecular weight is 396 g/mol. The number of aromatic nitrogens is 1. The number of nitrogens with one attached hydrogen (secondary N) is 1. The highest BCUT2D eigenvalue weighted by molar-refractivity contribution is 5.99. The van der Waals surface area contributed by atoms with Crippen molar-refractivity contribution in [2.24, 2.45) is 0 Å². The van der Waals surface area contributed by atoms with E-state index in [1.165, 1.54) is 0 Å². The van der Waals surface area contributed by atoms with Gasteiger partial charge in [0.2, 0.25) is 5.91 Å². The Morgan fingerprint density at radius 1 is 1.13 bits per heavy atom. The van der Waals surface area contributed by atoms with Crippen LogP contribution in [0.2, 0.25) is 0 Å². The summed E-state index contributed by atoms with van der Waals surface area (Å²) < 4.78 is 0. The van der Waals surface area contributed by atoms with E-state index in [9.17, 15) is 9.59 Å². The molecule has 1 atom stereocenters. The number of pyridine rings is 1. The zero-order valence-corrected chi connectivity index (χ0v) is 16.5. The van der Waals surface area contributed by atoms with Crippen LogP contribution >= 0.6 is 0 Å². The summed E-state index contributed by atoms with van der Waals surface area (Å²) in [5, 5.41) is 11.8. The van der Waals surface area contributed by atoms with Gasteiger partial charge in [0.25, 0.3) is 5.91 Å². The fraction of sp³-hybridized carbons (Fsp3) is 0.167. The van der Waals surface area contributed by atoms with Crippen LogP contribution < -0.4 is 5.32 Å². The summed E-state index contributed by atoms with van der Waals surface area (Å²) >= 11 is 0. The molecule has 6 nitrogen and oxygen atoms in total. The minimum absolute atomic E-state index is 0.202. The predicted molar refractivity (Wildman–Crippen MR) is 112 cm³/mol. The Morgan fingerprint density at radius 2 is 1.87 bits per heavy atom. The van der Waals surface area contributed by atoms with Crippen molar-refractivity contribution >= 4 is 11.8 Å². The summed E-state index contributed by atoms with van der Waals surface area (Å²) in [5.41, 5.74) is 4.24. The summed E-state index contributed by atoms with van der Waals surface area (Å²) in [6, 6.07) is 21.9. The monoisotopic (exact) mass is 396 g/mol. The molecule has 0 bridgehead atoms. The van der Waals surface area contributed by atoms with Crippen molar-refractivity contribution in [2.45, 2.75) is 26.1 Å². The Kier molecular flexibility index (Phi) is 5.27. The standard InChI is InChI=1S/C24H20N4O2/c1-16(23(29)26-14-18-5-3-2-4-6-18)28-15-20-11-12-21(27-22(20)24(28)30)19-9-7-17(13-25)8-10-19/h2-12,16H,14-15H2,1H3,(H,26,29)/t16-/m1/s1. The van der Waals surface area contributed by atoms with Gasteiger partial charge in [0.15, 0.2) is 0 Å². The topological polar surface area (TPSA) is 86.1 Å². The van der Waals surface area contributed by atoms with Gasteiger partial charge < -0.3 is 10.2 Å². The second-order valence-electron chi connectivity index (χ2n) is 7.21. The fourth-order valence-corrected chi connectivity index (χ4v) is 3.46.